The lowest BCUT2D eigenvalue weighted by Crippen LogP contribution is -2.31. The summed E-state index contributed by atoms with van der Waals surface area (Å²) in [6, 6.07) is 5.44. The number of carbonyl (C=O) groups excluding carboxylic acids is 1. The molecule has 1 aromatic carbocycles. The number of fused-ring (bicyclic) bond motifs is 1. The van der Waals surface area contributed by atoms with Crippen molar-refractivity contribution < 1.29 is 14.3 Å². The van der Waals surface area contributed by atoms with E-state index in [1.54, 1.807) is 25.3 Å². The minimum Gasteiger partial charge on any atom is -0.493 e. The Morgan fingerprint density at radius 3 is 2.89 bits per heavy atom. The Hall–Kier alpha value is -2.74. The van der Waals surface area contributed by atoms with Gasteiger partial charge in [0.2, 0.25) is 5.91 Å². The molecule has 1 aliphatic rings. The third kappa shape index (κ3) is 4.00. The number of methoxy groups -OCH3 is 1. The molecule has 0 saturated heterocycles. The molecule has 1 aromatic heterocycles. The first-order valence-corrected chi connectivity index (χ1v) is 9.54. The van der Waals surface area contributed by atoms with Crippen molar-refractivity contribution in [1.82, 2.24) is 9.97 Å². The summed E-state index contributed by atoms with van der Waals surface area (Å²) in [4.78, 5) is 32.1. The molecule has 2 heterocycles. The van der Waals surface area contributed by atoms with E-state index >= 15 is 0 Å². The van der Waals surface area contributed by atoms with Gasteiger partial charge in [0.15, 0.2) is 16.7 Å². The van der Waals surface area contributed by atoms with Crippen molar-refractivity contribution in [3.63, 3.8) is 0 Å². The Morgan fingerprint density at radius 2 is 2.19 bits per heavy atom. The number of thioether (sulfide) groups is 1. The monoisotopic (exact) mass is 387 g/mol. The van der Waals surface area contributed by atoms with E-state index in [-0.39, 0.29) is 17.9 Å². The average molecular weight is 387 g/mol. The molecule has 8 heteroatoms. The molecule has 3 rings (SSSR count). The van der Waals surface area contributed by atoms with Crippen LogP contribution in [0.5, 0.6) is 11.5 Å². The number of aromatic nitrogens is 2. The smallest absolute Gasteiger partial charge is 0.257 e. The van der Waals surface area contributed by atoms with Gasteiger partial charge in [0, 0.05) is 18.1 Å². The number of nitrogens with one attached hydrogen (secondary N) is 2. The number of hydrogen-bond acceptors (Lipinski definition) is 6. The van der Waals surface area contributed by atoms with E-state index in [0.717, 1.165) is 5.56 Å². The van der Waals surface area contributed by atoms with E-state index in [1.807, 2.05) is 13.0 Å². The van der Waals surface area contributed by atoms with Crippen LogP contribution in [-0.4, -0.2) is 35.3 Å². The molecular formula is C19H21N3O4S. The van der Waals surface area contributed by atoms with Crippen LogP contribution in [0, 0.1) is 0 Å². The summed E-state index contributed by atoms with van der Waals surface area (Å²) >= 11 is 1.35. The van der Waals surface area contributed by atoms with E-state index < -0.39 is 5.92 Å². The van der Waals surface area contributed by atoms with Gasteiger partial charge in [0.25, 0.3) is 5.56 Å². The van der Waals surface area contributed by atoms with Gasteiger partial charge >= 0.3 is 0 Å². The maximum Gasteiger partial charge on any atom is 0.257 e. The fourth-order valence-electron chi connectivity index (χ4n) is 3.02. The summed E-state index contributed by atoms with van der Waals surface area (Å²) in [5, 5.41) is 3.16. The molecular weight excluding hydrogens is 366 g/mol. The molecule has 0 bridgehead atoms. The molecule has 0 aliphatic carbocycles. The second kappa shape index (κ2) is 8.30. The molecule has 0 saturated carbocycles. The number of benzene rings is 1. The molecule has 27 heavy (non-hydrogen) atoms. The summed E-state index contributed by atoms with van der Waals surface area (Å²) in [5.41, 5.74) is 0.985. The van der Waals surface area contributed by atoms with Crippen LogP contribution in [0.2, 0.25) is 0 Å². The fraction of sp³-hybridized carbons (Fsp3) is 0.316. The Labute approximate surface area is 161 Å². The fourth-order valence-corrected chi connectivity index (χ4v) is 3.61. The van der Waals surface area contributed by atoms with Crippen LogP contribution >= 0.6 is 11.8 Å². The summed E-state index contributed by atoms with van der Waals surface area (Å²) in [6.45, 7) is 6.06. The minimum atomic E-state index is -0.409. The van der Waals surface area contributed by atoms with Crippen molar-refractivity contribution in [3.05, 3.63) is 52.3 Å². The molecule has 142 valence electrons. The van der Waals surface area contributed by atoms with Crippen LogP contribution in [0.3, 0.4) is 0 Å². The highest BCUT2D eigenvalue weighted by Crippen LogP contribution is 2.38. The quantitative estimate of drug-likeness (QED) is 0.431. The molecule has 0 spiro atoms. The van der Waals surface area contributed by atoms with Gasteiger partial charge in [-0.05, 0) is 24.6 Å². The lowest BCUT2D eigenvalue weighted by atomic mass is 9.86. The number of anilines is 1. The maximum atomic E-state index is 12.7. The number of hydrogen-bond donors (Lipinski definition) is 2. The molecule has 1 amide bonds. The van der Waals surface area contributed by atoms with Gasteiger partial charge < -0.3 is 19.8 Å². The largest absolute Gasteiger partial charge is 0.493 e. The molecule has 2 N–H and O–H groups in total. The van der Waals surface area contributed by atoms with Gasteiger partial charge in [0.05, 0.1) is 19.3 Å². The topological polar surface area (TPSA) is 93.3 Å². The van der Waals surface area contributed by atoms with E-state index in [4.69, 9.17) is 9.47 Å². The molecule has 7 nitrogen and oxygen atoms in total. The Kier molecular flexibility index (Phi) is 5.85. The molecule has 0 unspecified atom stereocenters. The Bertz CT molecular complexity index is 926. The summed E-state index contributed by atoms with van der Waals surface area (Å²) in [5.74, 6) is 1.50. The molecule has 0 fully saturated rings. The van der Waals surface area contributed by atoms with Crippen LogP contribution in [0.4, 0.5) is 5.82 Å². The van der Waals surface area contributed by atoms with Crippen molar-refractivity contribution in [3.8, 4) is 11.5 Å². The second-order valence-corrected chi connectivity index (χ2v) is 6.89. The predicted molar refractivity (Wildman–Crippen MR) is 105 cm³/mol. The van der Waals surface area contributed by atoms with E-state index in [0.29, 0.717) is 40.4 Å². The highest BCUT2D eigenvalue weighted by Gasteiger charge is 2.31. The van der Waals surface area contributed by atoms with Crippen LogP contribution in [0.25, 0.3) is 0 Å². The Balaban J connectivity index is 2.05. The molecule has 1 atom stereocenters. The average Bonchev–Trinajstić information content (AvgIpc) is 2.66. The van der Waals surface area contributed by atoms with Gasteiger partial charge in [-0.2, -0.15) is 0 Å². The lowest BCUT2D eigenvalue weighted by molar-refractivity contribution is -0.116. The summed E-state index contributed by atoms with van der Waals surface area (Å²) < 4.78 is 10.9. The normalized spacial score (nSPS) is 15.6. The van der Waals surface area contributed by atoms with E-state index in [9.17, 15) is 9.59 Å². The minimum absolute atomic E-state index is 0.161. The molecule has 1 aliphatic heterocycles. The van der Waals surface area contributed by atoms with Crippen molar-refractivity contribution in [2.75, 3.05) is 24.8 Å². The van der Waals surface area contributed by atoms with Crippen LogP contribution in [0.1, 0.15) is 30.4 Å². The first-order valence-electron chi connectivity index (χ1n) is 8.55. The number of rotatable bonds is 7. The third-order valence-corrected chi connectivity index (χ3v) is 5.03. The number of amides is 1. The zero-order valence-corrected chi connectivity index (χ0v) is 16.0. The van der Waals surface area contributed by atoms with Crippen LogP contribution in [0.15, 0.2) is 40.8 Å². The van der Waals surface area contributed by atoms with Crippen molar-refractivity contribution in [2.45, 2.75) is 24.4 Å². The highest BCUT2D eigenvalue weighted by atomic mass is 32.2. The highest BCUT2D eigenvalue weighted by molar-refractivity contribution is 7.99. The first kappa shape index (κ1) is 19.0. The summed E-state index contributed by atoms with van der Waals surface area (Å²) in [7, 11) is 1.56. The number of carbonyl (C=O) groups is 1. The van der Waals surface area contributed by atoms with E-state index in [2.05, 4.69) is 21.9 Å². The number of H-pyrrole nitrogens is 1. The summed E-state index contributed by atoms with van der Waals surface area (Å²) in [6.07, 6.45) is 1.88. The third-order valence-electron chi connectivity index (χ3n) is 4.16. The second-order valence-electron chi connectivity index (χ2n) is 5.88. The number of nitrogens with zero attached hydrogens (tertiary/aromatic N) is 1. The first-order chi connectivity index (χ1) is 13.1. The zero-order chi connectivity index (χ0) is 19.4. The van der Waals surface area contributed by atoms with Gasteiger partial charge in [0.1, 0.15) is 5.82 Å². The van der Waals surface area contributed by atoms with Gasteiger partial charge in [-0.1, -0.05) is 23.9 Å². The number of aromatic amines is 1. The SMILES string of the molecule is C=CCSc1nc2c(c(=O)[nH]1)[C@@H](c1ccc(OCC)c(OC)c1)CC(=O)N2. The van der Waals surface area contributed by atoms with Gasteiger partial charge in [-0.3, -0.25) is 9.59 Å². The maximum absolute atomic E-state index is 12.7. The van der Waals surface area contributed by atoms with Crippen molar-refractivity contribution in [1.29, 1.82) is 0 Å². The van der Waals surface area contributed by atoms with Crippen molar-refractivity contribution in [2.24, 2.45) is 0 Å². The number of ether oxygens (including phenoxy) is 2. The standard InChI is InChI=1S/C19H21N3O4S/c1-4-8-27-19-21-17-16(18(24)22-19)12(10-15(23)20-17)11-6-7-13(26-5-2)14(9-11)25-3/h4,6-7,9,12H,1,5,8,10H2,2-3H3,(H2,20,21,22,23,24)/t12-/m1/s1. The molecule has 0 radical (unpaired) electrons. The van der Waals surface area contributed by atoms with Gasteiger partial charge in [-0.15, -0.1) is 6.58 Å². The van der Waals surface area contributed by atoms with Crippen LogP contribution < -0.4 is 20.3 Å². The van der Waals surface area contributed by atoms with E-state index in [1.165, 1.54) is 11.8 Å². The van der Waals surface area contributed by atoms with Crippen LogP contribution in [-0.2, 0) is 4.79 Å². The van der Waals surface area contributed by atoms with Gasteiger partial charge in [-0.25, -0.2) is 4.98 Å². The Morgan fingerprint density at radius 1 is 1.37 bits per heavy atom. The van der Waals surface area contributed by atoms with Crippen molar-refractivity contribution >= 4 is 23.5 Å². The predicted octanol–water partition coefficient (Wildman–Crippen LogP) is 2.93. The zero-order valence-electron chi connectivity index (χ0n) is 15.2. The molecule has 2 aromatic rings. The lowest BCUT2D eigenvalue weighted by Gasteiger charge is -2.25.